The Morgan fingerprint density at radius 2 is 1.07 bits per heavy atom. The second-order valence-corrected chi connectivity index (χ2v) is 9.95. The first-order valence-electron chi connectivity index (χ1n) is 13.2. The van der Waals surface area contributed by atoms with Crippen LogP contribution in [0.2, 0.25) is 0 Å². The van der Waals surface area contributed by atoms with Gasteiger partial charge in [-0.3, -0.25) is 29.2 Å². The molecular formula is C26H28N6O10. The summed E-state index contributed by atoms with van der Waals surface area (Å²) in [6.07, 6.45) is 0. The average molecular weight is 585 g/mol. The van der Waals surface area contributed by atoms with Crippen LogP contribution in [0.4, 0.5) is 9.59 Å². The lowest BCUT2D eigenvalue weighted by Gasteiger charge is -2.43. The van der Waals surface area contributed by atoms with E-state index in [9.17, 15) is 28.8 Å². The van der Waals surface area contributed by atoms with E-state index in [1.807, 2.05) is 0 Å². The fourth-order valence-corrected chi connectivity index (χ4v) is 6.48. The molecule has 0 spiro atoms. The number of carbonyl (C=O) groups excluding carboxylic acids is 4. The summed E-state index contributed by atoms with van der Waals surface area (Å²) in [5, 5.41) is 0. The minimum atomic E-state index is -2.47. The SMILES string of the molecule is CCOC(=O)[C@]12N3Cc4cc(OC)c(OC)cc4CN1C(=O)N1Cn4c(=O)ccc(=O)n4CN(C3=O)[C@]12C(=O)OCC. The molecule has 0 bridgehead atoms. The summed E-state index contributed by atoms with van der Waals surface area (Å²) < 4.78 is 23.8. The van der Waals surface area contributed by atoms with Gasteiger partial charge in [0, 0.05) is 12.1 Å². The van der Waals surface area contributed by atoms with Crippen LogP contribution in [0.15, 0.2) is 33.9 Å². The van der Waals surface area contributed by atoms with Crippen molar-refractivity contribution < 1.29 is 38.1 Å². The van der Waals surface area contributed by atoms with E-state index < -0.39 is 59.8 Å². The number of urea groups is 2. The van der Waals surface area contributed by atoms with Gasteiger partial charge in [-0.15, -0.1) is 0 Å². The molecule has 0 radical (unpaired) electrons. The van der Waals surface area contributed by atoms with E-state index in [-0.39, 0.29) is 26.3 Å². The molecule has 4 aliphatic heterocycles. The van der Waals surface area contributed by atoms with Gasteiger partial charge in [0.1, 0.15) is 13.3 Å². The van der Waals surface area contributed by atoms with Crippen LogP contribution in [-0.4, -0.2) is 91.7 Å². The van der Waals surface area contributed by atoms with Gasteiger partial charge in [0.25, 0.3) is 22.4 Å². The van der Waals surface area contributed by atoms with Crippen LogP contribution in [0, 0.1) is 0 Å². The Bertz CT molecular complexity index is 1570. The van der Waals surface area contributed by atoms with Gasteiger partial charge in [-0.25, -0.2) is 28.5 Å². The molecule has 0 aliphatic carbocycles. The van der Waals surface area contributed by atoms with Crippen LogP contribution >= 0.6 is 0 Å². The van der Waals surface area contributed by atoms with Crippen molar-refractivity contribution in [3.63, 3.8) is 0 Å². The zero-order chi connectivity index (χ0) is 30.1. The highest BCUT2D eigenvalue weighted by molar-refractivity contribution is 6.09. The molecule has 2 saturated heterocycles. The van der Waals surface area contributed by atoms with E-state index in [0.29, 0.717) is 22.6 Å². The first-order valence-corrected chi connectivity index (χ1v) is 13.2. The zero-order valence-electron chi connectivity index (χ0n) is 23.3. The number of rotatable bonds is 6. The van der Waals surface area contributed by atoms with Crippen molar-refractivity contribution in [2.24, 2.45) is 0 Å². The number of methoxy groups -OCH3 is 2. The Labute approximate surface area is 238 Å². The van der Waals surface area contributed by atoms with E-state index in [2.05, 4.69) is 0 Å². The third kappa shape index (κ3) is 3.06. The molecule has 16 heteroatoms. The van der Waals surface area contributed by atoms with Crippen LogP contribution in [0.1, 0.15) is 25.0 Å². The maximum Gasteiger partial charge on any atom is 0.359 e. The molecular weight excluding hydrogens is 556 g/mol. The molecule has 0 unspecified atom stereocenters. The number of ether oxygens (including phenoxy) is 4. The average Bonchev–Trinajstić information content (AvgIpc) is 3.14. The molecule has 2 aromatic rings. The molecule has 6 rings (SSSR count). The lowest BCUT2D eigenvalue weighted by molar-refractivity contribution is -0.192. The Morgan fingerprint density at radius 3 is 1.43 bits per heavy atom. The van der Waals surface area contributed by atoms with E-state index in [1.54, 1.807) is 19.1 Å². The Balaban J connectivity index is 1.71. The number of hydrogen-bond donors (Lipinski definition) is 0. The third-order valence-electron chi connectivity index (χ3n) is 8.17. The summed E-state index contributed by atoms with van der Waals surface area (Å²) in [5.41, 5.74) is -5.18. The van der Waals surface area contributed by atoms with Gasteiger partial charge >= 0.3 is 24.0 Å². The van der Waals surface area contributed by atoms with E-state index in [1.165, 1.54) is 21.1 Å². The van der Waals surface area contributed by atoms with Gasteiger partial charge in [-0.1, -0.05) is 0 Å². The summed E-state index contributed by atoms with van der Waals surface area (Å²) in [5.74, 6) is -1.46. The maximum atomic E-state index is 14.5. The van der Waals surface area contributed by atoms with Crippen LogP contribution in [-0.2, 0) is 45.5 Å². The Hall–Kier alpha value is -5.02. The van der Waals surface area contributed by atoms with E-state index in [0.717, 1.165) is 41.1 Å². The Kier molecular flexibility index (Phi) is 5.98. The first kappa shape index (κ1) is 27.2. The van der Waals surface area contributed by atoms with E-state index in [4.69, 9.17) is 18.9 Å². The number of fused-ring (bicyclic) bond motifs is 2. The topological polar surface area (TPSA) is 162 Å². The molecule has 1 aromatic carbocycles. The number of amides is 4. The highest BCUT2D eigenvalue weighted by atomic mass is 16.6. The second-order valence-electron chi connectivity index (χ2n) is 9.95. The Morgan fingerprint density at radius 1 is 0.690 bits per heavy atom. The molecule has 42 heavy (non-hydrogen) atoms. The quantitative estimate of drug-likeness (QED) is 0.411. The molecule has 4 amide bonds. The molecule has 1 aromatic heterocycles. The van der Waals surface area contributed by atoms with Gasteiger partial charge < -0.3 is 18.9 Å². The molecule has 2 fully saturated rings. The van der Waals surface area contributed by atoms with Crippen molar-refractivity contribution >= 4 is 24.0 Å². The normalized spacial score (nSPS) is 23.5. The molecule has 0 N–H and O–H groups in total. The number of carbonyl (C=O) groups is 4. The second kappa shape index (κ2) is 9.25. The van der Waals surface area contributed by atoms with Gasteiger partial charge in [0.2, 0.25) is 0 Å². The minimum absolute atomic E-state index is 0.142. The summed E-state index contributed by atoms with van der Waals surface area (Å²) in [6.45, 7) is 1.01. The summed E-state index contributed by atoms with van der Waals surface area (Å²) in [6, 6.07) is 3.58. The lowest BCUT2D eigenvalue weighted by atomic mass is 9.91. The largest absolute Gasteiger partial charge is 0.493 e. The van der Waals surface area contributed by atoms with Gasteiger partial charge in [-0.05, 0) is 37.1 Å². The van der Waals surface area contributed by atoms with Crippen molar-refractivity contribution in [1.29, 1.82) is 0 Å². The smallest absolute Gasteiger partial charge is 0.359 e. The highest BCUT2D eigenvalue weighted by Crippen LogP contribution is 2.56. The van der Waals surface area contributed by atoms with Crippen LogP contribution < -0.4 is 20.6 Å². The number of esters is 2. The molecule has 4 aliphatic rings. The monoisotopic (exact) mass is 584 g/mol. The summed E-state index contributed by atoms with van der Waals surface area (Å²) >= 11 is 0. The van der Waals surface area contributed by atoms with E-state index >= 15 is 0 Å². The third-order valence-corrected chi connectivity index (χ3v) is 8.17. The van der Waals surface area contributed by atoms with Gasteiger partial charge in [0.15, 0.2) is 11.5 Å². The predicted octanol–water partition coefficient (Wildman–Crippen LogP) is -0.336. The number of benzene rings is 1. The maximum absolute atomic E-state index is 14.5. The van der Waals surface area contributed by atoms with Crippen molar-refractivity contribution in [3.05, 3.63) is 56.1 Å². The molecule has 0 atom stereocenters. The number of aromatic nitrogens is 2. The fraction of sp³-hybridized carbons (Fsp3) is 0.462. The van der Waals surface area contributed by atoms with Crippen molar-refractivity contribution in [2.75, 3.05) is 27.4 Å². The molecule has 222 valence electrons. The zero-order valence-corrected chi connectivity index (χ0v) is 23.3. The number of nitrogens with zero attached hydrogens (tertiary/aromatic N) is 6. The van der Waals surface area contributed by atoms with Crippen molar-refractivity contribution in [2.45, 2.75) is 51.6 Å². The highest BCUT2D eigenvalue weighted by Gasteiger charge is 2.87. The standard InChI is InChI=1S/C26H28N6O10/c1-5-41-21(35)25-26(22(36)42-6-2)29-13-31-19(33)7-8-20(34)32(31)14-30(26)24(38)28(25)12-16-10-18(40-4)17(39-3)9-15(16)11-27(25)23(29)37/h7-10H,5-6,11-14H2,1-4H3/t25-,26+. The van der Waals surface area contributed by atoms with Gasteiger partial charge in [-0.2, -0.15) is 0 Å². The van der Waals surface area contributed by atoms with Gasteiger partial charge in [0.05, 0.1) is 40.5 Å². The fourth-order valence-electron chi connectivity index (χ4n) is 6.48. The minimum Gasteiger partial charge on any atom is -0.493 e. The molecule has 0 saturated carbocycles. The first-order chi connectivity index (χ1) is 20.1. The molecule has 16 nitrogen and oxygen atoms in total. The summed E-state index contributed by atoms with van der Waals surface area (Å²) in [7, 11) is 2.89. The lowest BCUT2D eigenvalue weighted by Crippen LogP contribution is -2.75. The predicted molar refractivity (Wildman–Crippen MR) is 139 cm³/mol. The van der Waals surface area contributed by atoms with Crippen LogP contribution in [0.5, 0.6) is 11.5 Å². The molecule has 5 heterocycles. The van der Waals surface area contributed by atoms with Crippen LogP contribution in [0.3, 0.4) is 0 Å². The number of hydrogen-bond acceptors (Lipinski definition) is 10. The van der Waals surface area contributed by atoms with Crippen molar-refractivity contribution in [1.82, 2.24) is 29.0 Å². The van der Waals surface area contributed by atoms with Crippen molar-refractivity contribution in [3.8, 4) is 11.5 Å². The van der Waals surface area contributed by atoms with Crippen LogP contribution in [0.25, 0.3) is 0 Å². The summed E-state index contributed by atoms with van der Waals surface area (Å²) in [4.78, 5) is 87.5.